The van der Waals surface area contributed by atoms with E-state index in [-0.39, 0.29) is 24.0 Å². The van der Waals surface area contributed by atoms with Crippen LogP contribution in [0.5, 0.6) is 0 Å². The number of nitrogens with one attached hydrogen (secondary N) is 2. The molecule has 1 saturated carbocycles. The molecule has 3 rings (SSSR count). The summed E-state index contributed by atoms with van der Waals surface area (Å²) in [6.07, 6.45) is 5.48. The highest BCUT2D eigenvalue weighted by Crippen LogP contribution is 2.29. The Bertz CT molecular complexity index is 584. The maximum absolute atomic E-state index is 13.6. The number of halogens is 3. The highest BCUT2D eigenvalue weighted by Gasteiger charge is 2.31. The second kappa shape index (κ2) is 9.66. The molecule has 0 amide bonds. The van der Waals surface area contributed by atoms with Gasteiger partial charge in [-0.25, -0.2) is 8.78 Å². The molecule has 1 heterocycles. The molecule has 4 nitrogen and oxygen atoms in total. The minimum atomic E-state index is -0.542. The van der Waals surface area contributed by atoms with Crippen molar-refractivity contribution in [2.75, 3.05) is 26.7 Å². The van der Waals surface area contributed by atoms with E-state index in [1.54, 1.807) is 7.05 Å². The number of rotatable bonds is 5. The van der Waals surface area contributed by atoms with E-state index in [1.807, 2.05) is 0 Å². The molecule has 1 aliphatic carbocycles. The van der Waals surface area contributed by atoms with E-state index >= 15 is 0 Å². The Morgan fingerprint density at radius 1 is 1.20 bits per heavy atom. The summed E-state index contributed by atoms with van der Waals surface area (Å²) < 4.78 is 26.5. The maximum atomic E-state index is 13.6. The third kappa shape index (κ3) is 6.06. The number of likely N-dealkylation sites (tertiary alicyclic amines) is 1. The Labute approximate surface area is 165 Å². The van der Waals surface area contributed by atoms with Crippen molar-refractivity contribution >= 4 is 29.9 Å². The lowest BCUT2D eigenvalue weighted by Crippen LogP contribution is -2.49. The summed E-state index contributed by atoms with van der Waals surface area (Å²) in [5, 5.41) is 6.67. The lowest BCUT2D eigenvalue weighted by molar-refractivity contribution is 0.197. The number of piperidine rings is 1. The summed E-state index contributed by atoms with van der Waals surface area (Å²) in [7, 11) is 1.74. The summed E-state index contributed by atoms with van der Waals surface area (Å²) in [4.78, 5) is 6.83. The maximum Gasteiger partial charge on any atom is 0.191 e. The van der Waals surface area contributed by atoms with Crippen molar-refractivity contribution in [2.45, 2.75) is 44.2 Å². The van der Waals surface area contributed by atoms with Crippen molar-refractivity contribution in [2.24, 2.45) is 4.99 Å². The zero-order chi connectivity index (χ0) is 16.9. The van der Waals surface area contributed by atoms with Crippen molar-refractivity contribution in [3.8, 4) is 0 Å². The van der Waals surface area contributed by atoms with Gasteiger partial charge in [0.15, 0.2) is 5.96 Å². The second-order valence-electron chi connectivity index (χ2n) is 6.67. The van der Waals surface area contributed by atoms with E-state index in [1.165, 1.54) is 25.0 Å². The predicted molar refractivity (Wildman–Crippen MR) is 108 cm³/mol. The van der Waals surface area contributed by atoms with E-state index in [0.717, 1.165) is 44.0 Å². The highest BCUT2D eigenvalue weighted by molar-refractivity contribution is 14.0. The van der Waals surface area contributed by atoms with Gasteiger partial charge in [-0.2, -0.15) is 0 Å². The van der Waals surface area contributed by atoms with Crippen LogP contribution >= 0.6 is 24.0 Å². The zero-order valence-corrected chi connectivity index (χ0v) is 16.9. The topological polar surface area (TPSA) is 39.7 Å². The monoisotopic (exact) mass is 464 g/mol. The average molecular weight is 464 g/mol. The van der Waals surface area contributed by atoms with Crippen LogP contribution in [0, 0.1) is 11.6 Å². The van der Waals surface area contributed by atoms with Gasteiger partial charge < -0.3 is 15.5 Å². The first-order valence-electron chi connectivity index (χ1n) is 8.81. The smallest absolute Gasteiger partial charge is 0.191 e. The van der Waals surface area contributed by atoms with Gasteiger partial charge in [-0.05, 0) is 43.7 Å². The Hall–Kier alpha value is -0.960. The van der Waals surface area contributed by atoms with E-state index < -0.39 is 11.6 Å². The molecule has 2 aliphatic rings. The van der Waals surface area contributed by atoms with Gasteiger partial charge in [-0.3, -0.25) is 4.99 Å². The molecule has 0 unspecified atom stereocenters. The first kappa shape index (κ1) is 20.4. The van der Waals surface area contributed by atoms with Crippen molar-refractivity contribution in [1.82, 2.24) is 15.5 Å². The number of hydrogen-bond acceptors (Lipinski definition) is 2. The zero-order valence-electron chi connectivity index (χ0n) is 14.6. The van der Waals surface area contributed by atoms with Gasteiger partial charge in [0.1, 0.15) is 11.6 Å². The molecule has 25 heavy (non-hydrogen) atoms. The Morgan fingerprint density at radius 2 is 1.92 bits per heavy atom. The van der Waals surface area contributed by atoms with Gasteiger partial charge in [0.2, 0.25) is 0 Å². The molecule has 0 radical (unpaired) electrons. The molecule has 2 N–H and O–H groups in total. The van der Waals surface area contributed by atoms with Crippen LogP contribution in [0.4, 0.5) is 8.78 Å². The summed E-state index contributed by atoms with van der Waals surface area (Å²) in [5.74, 6) is -0.284. The lowest BCUT2D eigenvalue weighted by atomic mass is 10.1. The molecule has 0 spiro atoms. The van der Waals surface area contributed by atoms with Crippen LogP contribution in [0.1, 0.15) is 31.2 Å². The van der Waals surface area contributed by atoms with Crippen LogP contribution in [0.2, 0.25) is 0 Å². The van der Waals surface area contributed by atoms with E-state index in [9.17, 15) is 8.78 Å². The quantitative estimate of drug-likeness (QED) is 0.400. The van der Waals surface area contributed by atoms with Crippen LogP contribution in [-0.2, 0) is 6.42 Å². The van der Waals surface area contributed by atoms with Gasteiger partial charge >= 0.3 is 0 Å². The molecule has 7 heteroatoms. The largest absolute Gasteiger partial charge is 0.356 e. The molecular formula is C18H27F2IN4. The van der Waals surface area contributed by atoms with Crippen molar-refractivity contribution in [1.29, 1.82) is 0 Å². The number of hydrogen-bond donors (Lipinski definition) is 2. The van der Waals surface area contributed by atoms with Crippen LogP contribution in [0.3, 0.4) is 0 Å². The molecule has 2 fully saturated rings. The predicted octanol–water partition coefficient (Wildman–Crippen LogP) is 2.92. The SMILES string of the molecule is CN=C(NCCc1ccc(F)cc1F)NC1CCN(C2CC2)CC1.I. The summed E-state index contributed by atoms with van der Waals surface area (Å²) >= 11 is 0. The van der Waals surface area contributed by atoms with Gasteiger partial charge in [-0.15, -0.1) is 24.0 Å². The first-order valence-corrected chi connectivity index (χ1v) is 8.81. The number of aliphatic imine (C=N–C) groups is 1. The molecule has 140 valence electrons. The molecule has 0 atom stereocenters. The van der Waals surface area contributed by atoms with Crippen LogP contribution < -0.4 is 10.6 Å². The summed E-state index contributed by atoms with van der Waals surface area (Å²) in [6, 6.07) is 4.99. The van der Waals surface area contributed by atoms with Gasteiger partial charge in [0.05, 0.1) is 0 Å². The summed E-state index contributed by atoms with van der Waals surface area (Å²) in [6.45, 7) is 2.86. The molecule has 1 aromatic rings. The normalized spacial score (nSPS) is 19.4. The molecule has 1 aromatic carbocycles. The Kier molecular flexibility index (Phi) is 7.86. The third-order valence-electron chi connectivity index (χ3n) is 4.86. The van der Waals surface area contributed by atoms with Gasteiger partial charge in [0, 0.05) is 44.8 Å². The first-order chi connectivity index (χ1) is 11.7. The van der Waals surface area contributed by atoms with Gasteiger partial charge in [0.25, 0.3) is 0 Å². The number of guanidine groups is 1. The minimum Gasteiger partial charge on any atom is -0.356 e. The Balaban J connectivity index is 0.00000225. The minimum absolute atomic E-state index is 0. The highest BCUT2D eigenvalue weighted by atomic mass is 127. The molecular weight excluding hydrogens is 437 g/mol. The number of nitrogens with zero attached hydrogens (tertiary/aromatic N) is 2. The Morgan fingerprint density at radius 3 is 2.52 bits per heavy atom. The van der Waals surface area contributed by atoms with Gasteiger partial charge in [-0.1, -0.05) is 6.07 Å². The fourth-order valence-electron chi connectivity index (χ4n) is 3.28. The molecule has 0 aromatic heterocycles. The van der Waals surface area contributed by atoms with E-state index in [4.69, 9.17) is 0 Å². The standard InChI is InChI=1S/C18H26F2N4.HI/c1-21-18(22-9-6-13-2-3-14(19)12-17(13)20)23-15-7-10-24(11-8-15)16-4-5-16;/h2-3,12,15-16H,4-11H2,1H3,(H2,21,22,23);1H. The van der Waals surface area contributed by atoms with E-state index in [0.29, 0.717) is 24.6 Å². The number of benzene rings is 1. The average Bonchev–Trinajstić information content (AvgIpc) is 3.41. The van der Waals surface area contributed by atoms with Crippen LogP contribution in [0.15, 0.2) is 23.2 Å². The van der Waals surface area contributed by atoms with Crippen molar-refractivity contribution in [3.63, 3.8) is 0 Å². The van der Waals surface area contributed by atoms with E-state index in [2.05, 4.69) is 20.5 Å². The van der Waals surface area contributed by atoms with Crippen LogP contribution in [-0.4, -0.2) is 49.6 Å². The lowest BCUT2D eigenvalue weighted by Gasteiger charge is -2.33. The fraction of sp³-hybridized carbons (Fsp3) is 0.611. The second-order valence-corrected chi connectivity index (χ2v) is 6.67. The molecule has 1 saturated heterocycles. The fourth-order valence-corrected chi connectivity index (χ4v) is 3.28. The molecule has 1 aliphatic heterocycles. The summed E-state index contributed by atoms with van der Waals surface area (Å²) in [5.41, 5.74) is 0.511. The van der Waals surface area contributed by atoms with Crippen molar-refractivity contribution in [3.05, 3.63) is 35.4 Å². The third-order valence-corrected chi connectivity index (χ3v) is 4.86. The molecule has 0 bridgehead atoms. The van der Waals surface area contributed by atoms with Crippen molar-refractivity contribution < 1.29 is 8.78 Å². The van der Waals surface area contributed by atoms with Crippen LogP contribution in [0.25, 0.3) is 0 Å².